The van der Waals surface area contributed by atoms with Gasteiger partial charge in [0.1, 0.15) is 6.67 Å². The van der Waals surface area contributed by atoms with E-state index in [0.717, 1.165) is 4.48 Å². The molecule has 0 radical (unpaired) electrons. The van der Waals surface area contributed by atoms with Crippen molar-refractivity contribution < 1.29 is 4.48 Å². The molecule has 0 saturated carbocycles. The number of rotatable bonds is 2. The highest BCUT2D eigenvalue weighted by atomic mass is 15.4. The maximum Gasteiger partial charge on any atom is 0.134 e. The van der Waals surface area contributed by atoms with E-state index in [-0.39, 0.29) is 0 Å². The topological polar surface area (TPSA) is 6.48 Å². The molecule has 0 aromatic carbocycles. The van der Waals surface area contributed by atoms with Gasteiger partial charge in [-0.3, -0.25) is 4.90 Å². The van der Waals surface area contributed by atoms with Crippen LogP contribution < -0.4 is 0 Å². The smallest absolute Gasteiger partial charge is 0.134 e. The predicted molar refractivity (Wildman–Crippen MR) is 52.0 cm³/mol. The Kier molecular flexibility index (Phi) is 3.09. The van der Waals surface area contributed by atoms with E-state index in [9.17, 15) is 0 Å². The number of likely N-dealkylation sites (N-methyl/N-ethyl adjacent to an activating group) is 1. The highest BCUT2D eigenvalue weighted by Gasteiger charge is 2.18. The second-order valence-electron chi connectivity index (χ2n) is 4.85. The molecule has 12 heavy (non-hydrogen) atoms. The van der Waals surface area contributed by atoms with Crippen molar-refractivity contribution in [1.29, 1.82) is 0 Å². The summed E-state index contributed by atoms with van der Waals surface area (Å²) in [5, 5.41) is 0. The van der Waals surface area contributed by atoms with Gasteiger partial charge in [0.05, 0.1) is 21.1 Å². The average molecular weight is 172 g/mol. The summed E-state index contributed by atoms with van der Waals surface area (Å²) in [4.78, 5) is 4.94. The SMILES string of the molecule is CN1CCN(C[N+](C)(C)C)CC1. The highest BCUT2D eigenvalue weighted by Crippen LogP contribution is 2.02. The number of hydrogen-bond donors (Lipinski definition) is 0. The van der Waals surface area contributed by atoms with E-state index in [4.69, 9.17) is 0 Å². The second-order valence-corrected chi connectivity index (χ2v) is 4.85. The van der Waals surface area contributed by atoms with Gasteiger partial charge in [-0.15, -0.1) is 0 Å². The van der Waals surface area contributed by atoms with Gasteiger partial charge < -0.3 is 9.38 Å². The summed E-state index contributed by atoms with van der Waals surface area (Å²) in [6.45, 7) is 6.08. The van der Waals surface area contributed by atoms with Crippen molar-refractivity contribution in [1.82, 2.24) is 9.80 Å². The Hall–Kier alpha value is -0.120. The van der Waals surface area contributed by atoms with Crippen molar-refractivity contribution in [2.24, 2.45) is 0 Å². The molecule has 0 aromatic rings. The molecule has 1 heterocycles. The number of quaternary nitrogens is 1. The van der Waals surface area contributed by atoms with E-state index in [1.807, 2.05) is 0 Å². The van der Waals surface area contributed by atoms with Crippen LogP contribution in [0.5, 0.6) is 0 Å². The predicted octanol–water partition coefficient (Wildman–Crippen LogP) is -0.102. The summed E-state index contributed by atoms with van der Waals surface area (Å²) < 4.78 is 1.05. The molecule has 3 nitrogen and oxygen atoms in total. The number of nitrogens with zero attached hydrogens (tertiary/aromatic N) is 3. The van der Waals surface area contributed by atoms with Crippen molar-refractivity contribution in [3.05, 3.63) is 0 Å². The van der Waals surface area contributed by atoms with Crippen LogP contribution in [-0.4, -0.2) is 75.3 Å². The molecule has 72 valence electrons. The number of piperazine rings is 1. The van der Waals surface area contributed by atoms with E-state index < -0.39 is 0 Å². The molecule has 1 fully saturated rings. The first-order valence-electron chi connectivity index (χ1n) is 4.69. The fourth-order valence-electron chi connectivity index (χ4n) is 1.59. The standard InChI is InChI=1S/C9H22N3/c1-10-5-7-11(8-6-10)9-12(2,3)4/h5-9H2,1-4H3/q+1. The first-order valence-corrected chi connectivity index (χ1v) is 4.69. The van der Waals surface area contributed by atoms with Crippen molar-refractivity contribution in [3.8, 4) is 0 Å². The van der Waals surface area contributed by atoms with Gasteiger partial charge in [-0.1, -0.05) is 0 Å². The van der Waals surface area contributed by atoms with Crippen LogP contribution in [0.3, 0.4) is 0 Å². The lowest BCUT2D eigenvalue weighted by atomic mass is 10.3. The second kappa shape index (κ2) is 3.73. The summed E-state index contributed by atoms with van der Waals surface area (Å²) in [5.74, 6) is 0. The van der Waals surface area contributed by atoms with E-state index >= 15 is 0 Å². The molecular weight excluding hydrogens is 150 g/mol. The zero-order valence-corrected chi connectivity index (χ0v) is 8.88. The van der Waals surface area contributed by atoms with E-state index in [1.54, 1.807) is 0 Å². The minimum absolute atomic E-state index is 1.05. The van der Waals surface area contributed by atoms with Gasteiger partial charge in [-0.2, -0.15) is 0 Å². The van der Waals surface area contributed by atoms with Crippen molar-refractivity contribution in [3.63, 3.8) is 0 Å². The van der Waals surface area contributed by atoms with E-state index in [1.165, 1.54) is 32.8 Å². The third-order valence-corrected chi connectivity index (χ3v) is 2.22. The van der Waals surface area contributed by atoms with Crippen LogP contribution in [0, 0.1) is 0 Å². The molecule has 0 aliphatic carbocycles. The summed E-state index contributed by atoms with van der Waals surface area (Å²) in [6, 6.07) is 0. The first kappa shape index (κ1) is 9.96. The zero-order valence-electron chi connectivity index (χ0n) is 8.88. The quantitative estimate of drug-likeness (QED) is 0.537. The normalized spacial score (nSPS) is 23.0. The number of hydrogen-bond acceptors (Lipinski definition) is 2. The van der Waals surface area contributed by atoms with Crippen LogP contribution in [0.15, 0.2) is 0 Å². The molecule has 1 saturated heterocycles. The van der Waals surface area contributed by atoms with Crippen LogP contribution in [0.2, 0.25) is 0 Å². The summed E-state index contributed by atoms with van der Waals surface area (Å²) in [6.07, 6.45) is 0. The van der Waals surface area contributed by atoms with E-state index in [0.29, 0.717) is 0 Å². The van der Waals surface area contributed by atoms with Gasteiger partial charge in [-0.25, -0.2) is 0 Å². The third-order valence-electron chi connectivity index (χ3n) is 2.22. The van der Waals surface area contributed by atoms with Crippen molar-refractivity contribution in [2.45, 2.75) is 0 Å². The third kappa shape index (κ3) is 3.52. The molecule has 3 heteroatoms. The van der Waals surface area contributed by atoms with Gasteiger partial charge in [0, 0.05) is 26.2 Å². The Balaban J connectivity index is 2.26. The molecule has 0 N–H and O–H groups in total. The van der Waals surface area contributed by atoms with Gasteiger partial charge >= 0.3 is 0 Å². The van der Waals surface area contributed by atoms with Crippen molar-refractivity contribution in [2.75, 3.05) is 61.0 Å². The van der Waals surface area contributed by atoms with Crippen molar-refractivity contribution >= 4 is 0 Å². The molecule has 0 aromatic heterocycles. The lowest BCUT2D eigenvalue weighted by molar-refractivity contribution is -0.881. The lowest BCUT2D eigenvalue weighted by Crippen LogP contribution is -2.52. The maximum absolute atomic E-state index is 2.54. The first-order chi connectivity index (χ1) is 5.47. The lowest BCUT2D eigenvalue weighted by Gasteiger charge is -2.36. The maximum atomic E-state index is 2.54. The minimum Gasteiger partial charge on any atom is -0.318 e. The average Bonchev–Trinajstić information content (AvgIpc) is 1.91. The molecule has 0 unspecified atom stereocenters. The van der Waals surface area contributed by atoms with Gasteiger partial charge in [0.2, 0.25) is 0 Å². The minimum atomic E-state index is 1.05. The molecule has 1 aliphatic heterocycles. The van der Waals surface area contributed by atoms with Gasteiger partial charge in [0.25, 0.3) is 0 Å². The molecular formula is C9H22N3+. The summed E-state index contributed by atoms with van der Waals surface area (Å²) in [7, 11) is 8.94. The van der Waals surface area contributed by atoms with Crippen LogP contribution in [0.1, 0.15) is 0 Å². The van der Waals surface area contributed by atoms with Gasteiger partial charge in [0.15, 0.2) is 0 Å². The molecule has 1 rings (SSSR count). The molecule has 1 aliphatic rings. The fourth-order valence-corrected chi connectivity index (χ4v) is 1.59. The molecule has 0 atom stereocenters. The van der Waals surface area contributed by atoms with Gasteiger partial charge in [-0.05, 0) is 7.05 Å². The fraction of sp³-hybridized carbons (Fsp3) is 1.00. The Bertz CT molecular complexity index is 131. The Morgan fingerprint density at radius 1 is 1.00 bits per heavy atom. The van der Waals surface area contributed by atoms with E-state index in [2.05, 4.69) is 38.0 Å². The van der Waals surface area contributed by atoms with Crippen LogP contribution in [0.4, 0.5) is 0 Å². The highest BCUT2D eigenvalue weighted by molar-refractivity contribution is 4.66. The van der Waals surface area contributed by atoms with Crippen LogP contribution in [0.25, 0.3) is 0 Å². The summed E-state index contributed by atoms with van der Waals surface area (Å²) >= 11 is 0. The Morgan fingerprint density at radius 2 is 1.50 bits per heavy atom. The Morgan fingerprint density at radius 3 is 1.92 bits per heavy atom. The van der Waals surface area contributed by atoms with Crippen LogP contribution >= 0.6 is 0 Å². The Labute approximate surface area is 76.1 Å². The zero-order chi connectivity index (χ0) is 9.19. The molecule has 0 amide bonds. The summed E-state index contributed by atoms with van der Waals surface area (Å²) in [5.41, 5.74) is 0. The largest absolute Gasteiger partial charge is 0.318 e. The molecule has 0 bridgehead atoms. The molecule has 0 spiro atoms. The monoisotopic (exact) mass is 172 g/mol. The van der Waals surface area contributed by atoms with Crippen LogP contribution in [-0.2, 0) is 0 Å².